The van der Waals surface area contributed by atoms with E-state index in [1.807, 2.05) is 50.2 Å². The van der Waals surface area contributed by atoms with Crippen molar-refractivity contribution < 1.29 is 14.3 Å². The number of hydrogen-bond acceptors (Lipinski definition) is 5. The number of nitrogens with one attached hydrogen (secondary N) is 2. The number of methoxy groups -OCH3 is 1. The lowest BCUT2D eigenvalue weighted by atomic mass is 9.75. The number of Topliss-reactive ketones (excluding diaryl/α,β-unsaturated/α-hetero) is 1. The molecule has 0 fully saturated rings. The molecule has 1 atom stereocenters. The van der Waals surface area contributed by atoms with Crippen molar-refractivity contribution in [2.24, 2.45) is 0 Å². The molecule has 1 aliphatic heterocycles. The van der Waals surface area contributed by atoms with Gasteiger partial charge in [-0.2, -0.15) is 0 Å². The van der Waals surface area contributed by atoms with E-state index in [-0.39, 0.29) is 11.7 Å². The van der Waals surface area contributed by atoms with Crippen LogP contribution in [0, 0.1) is 6.92 Å². The number of carbonyl (C=O) groups excluding carboxylic acids is 2. The number of amides is 1. The number of nitrogens with zero attached hydrogens (tertiary/aromatic N) is 1. The predicted molar refractivity (Wildman–Crippen MR) is 115 cm³/mol. The first-order chi connectivity index (χ1) is 14.5. The molecule has 4 rings (SSSR count). The highest BCUT2D eigenvalue weighted by Crippen LogP contribution is 2.43. The lowest BCUT2D eigenvalue weighted by Crippen LogP contribution is -2.35. The molecule has 2 N–H and O–H groups in total. The molecule has 0 saturated carbocycles. The molecule has 1 amide bonds. The lowest BCUT2D eigenvalue weighted by Gasteiger charge is -2.34. The monoisotopic (exact) mass is 403 g/mol. The Kier molecular flexibility index (Phi) is 5.40. The van der Waals surface area contributed by atoms with Gasteiger partial charge in [-0.05, 0) is 56.5 Å². The van der Waals surface area contributed by atoms with E-state index in [0.29, 0.717) is 29.1 Å². The number of hydrogen-bond donors (Lipinski definition) is 2. The summed E-state index contributed by atoms with van der Waals surface area (Å²) in [5.41, 5.74) is 4.56. The minimum Gasteiger partial charge on any atom is -0.497 e. The van der Waals surface area contributed by atoms with Crippen LogP contribution in [-0.2, 0) is 9.59 Å². The van der Waals surface area contributed by atoms with Crippen LogP contribution in [0.5, 0.6) is 5.75 Å². The van der Waals surface area contributed by atoms with E-state index >= 15 is 0 Å². The topological polar surface area (TPSA) is 80.3 Å². The van der Waals surface area contributed by atoms with Crippen LogP contribution >= 0.6 is 0 Å². The smallest absolute Gasteiger partial charge is 0.255 e. The number of carbonyl (C=O) groups is 2. The van der Waals surface area contributed by atoms with Gasteiger partial charge in [-0.1, -0.05) is 18.2 Å². The number of allylic oxidation sites excluding steroid dienone is 3. The summed E-state index contributed by atoms with van der Waals surface area (Å²) >= 11 is 0. The Morgan fingerprint density at radius 1 is 1.17 bits per heavy atom. The summed E-state index contributed by atoms with van der Waals surface area (Å²) in [5, 5.41) is 6.24. The molecular weight excluding hydrogens is 378 g/mol. The highest BCUT2D eigenvalue weighted by molar-refractivity contribution is 6.09. The predicted octanol–water partition coefficient (Wildman–Crippen LogP) is 4.01. The molecule has 0 radical (unpaired) electrons. The fourth-order valence-electron chi connectivity index (χ4n) is 4.24. The largest absolute Gasteiger partial charge is 0.497 e. The zero-order chi connectivity index (χ0) is 21.3. The first-order valence-electron chi connectivity index (χ1n) is 10.1. The van der Waals surface area contributed by atoms with E-state index in [1.165, 1.54) is 0 Å². The molecule has 154 valence electrons. The fourth-order valence-corrected chi connectivity index (χ4v) is 4.24. The van der Waals surface area contributed by atoms with Gasteiger partial charge in [0.05, 0.1) is 7.11 Å². The molecular formula is C24H25N3O3. The third-order valence-electron chi connectivity index (χ3n) is 5.58. The van der Waals surface area contributed by atoms with Gasteiger partial charge in [-0.25, -0.2) is 4.98 Å². The van der Waals surface area contributed by atoms with Gasteiger partial charge in [0.1, 0.15) is 11.6 Å². The van der Waals surface area contributed by atoms with Crippen molar-refractivity contribution in [2.45, 2.75) is 39.0 Å². The Balaban J connectivity index is 1.80. The number of ketones is 1. The van der Waals surface area contributed by atoms with Crippen LogP contribution in [0.25, 0.3) is 0 Å². The van der Waals surface area contributed by atoms with Crippen molar-refractivity contribution in [3.63, 3.8) is 0 Å². The molecule has 6 nitrogen and oxygen atoms in total. The SMILES string of the molecule is COc1cccc(C2C(C(=O)Nc3cccc(C)n3)=C(C)NC3=C2C(=O)CCC3)c1. The van der Waals surface area contributed by atoms with E-state index in [4.69, 9.17) is 4.74 Å². The standard InChI is InChI=1S/C24H25N3O3/c1-14-7-4-12-20(25-14)27-24(29)21-15(2)26-18-10-6-11-19(28)23(18)22(21)16-8-5-9-17(13-16)30-3/h4-5,7-9,12-13,22,26H,6,10-11H2,1-3H3,(H,25,27,29). The van der Waals surface area contributed by atoms with Gasteiger partial charge in [-0.3, -0.25) is 9.59 Å². The Morgan fingerprint density at radius 2 is 1.97 bits per heavy atom. The number of anilines is 1. The number of ether oxygens (including phenoxy) is 1. The van der Waals surface area contributed by atoms with Crippen molar-refractivity contribution in [3.05, 3.63) is 76.3 Å². The Labute approximate surface area is 176 Å². The summed E-state index contributed by atoms with van der Waals surface area (Å²) < 4.78 is 5.40. The zero-order valence-electron chi connectivity index (χ0n) is 17.4. The first-order valence-corrected chi connectivity index (χ1v) is 10.1. The molecule has 0 spiro atoms. The summed E-state index contributed by atoms with van der Waals surface area (Å²) in [6.07, 6.45) is 2.11. The second-order valence-electron chi connectivity index (χ2n) is 7.66. The number of aromatic nitrogens is 1. The van der Waals surface area contributed by atoms with E-state index < -0.39 is 5.92 Å². The number of pyridine rings is 1. The van der Waals surface area contributed by atoms with Crippen LogP contribution in [0.4, 0.5) is 5.82 Å². The normalized spacial score (nSPS) is 18.6. The average Bonchev–Trinajstić information content (AvgIpc) is 2.73. The highest BCUT2D eigenvalue weighted by Gasteiger charge is 2.38. The third-order valence-corrected chi connectivity index (χ3v) is 5.58. The molecule has 30 heavy (non-hydrogen) atoms. The third kappa shape index (κ3) is 3.73. The van der Waals surface area contributed by atoms with E-state index in [2.05, 4.69) is 15.6 Å². The number of aryl methyl sites for hydroxylation is 1. The molecule has 1 aromatic heterocycles. The van der Waals surface area contributed by atoms with Gasteiger partial charge >= 0.3 is 0 Å². The minimum absolute atomic E-state index is 0.0862. The quantitative estimate of drug-likeness (QED) is 0.806. The highest BCUT2D eigenvalue weighted by atomic mass is 16.5. The average molecular weight is 403 g/mol. The number of dihydropyridines is 1. The van der Waals surface area contributed by atoms with Crippen LogP contribution in [0.2, 0.25) is 0 Å². The number of benzene rings is 1. The van der Waals surface area contributed by atoms with Gasteiger partial charge in [0, 0.05) is 40.6 Å². The van der Waals surface area contributed by atoms with Gasteiger partial charge in [0.25, 0.3) is 5.91 Å². The molecule has 1 aromatic carbocycles. The second-order valence-corrected chi connectivity index (χ2v) is 7.66. The Morgan fingerprint density at radius 3 is 2.73 bits per heavy atom. The minimum atomic E-state index is -0.450. The molecule has 2 heterocycles. The maximum Gasteiger partial charge on any atom is 0.255 e. The van der Waals surface area contributed by atoms with Crippen LogP contribution < -0.4 is 15.4 Å². The zero-order valence-corrected chi connectivity index (χ0v) is 17.4. The molecule has 1 aliphatic carbocycles. The second kappa shape index (κ2) is 8.14. The van der Waals surface area contributed by atoms with Crippen LogP contribution in [0.3, 0.4) is 0 Å². The summed E-state index contributed by atoms with van der Waals surface area (Å²) in [4.78, 5) is 30.7. The molecule has 6 heteroatoms. The molecule has 1 unspecified atom stereocenters. The van der Waals surface area contributed by atoms with Crippen molar-refractivity contribution in [1.29, 1.82) is 0 Å². The van der Waals surface area contributed by atoms with Crippen molar-refractivity contribution in [1.82, 2.24) is 10.3 Å². The summed E-state index contributed by atoms with van der Waals surface area (Å²) in [7, 11) is 1.61. The van der Waals surface area contributed by atoms with Gasteiger partial charge < -0.3 is 15.4 Å². The van der Waals surface area contributed by atoms with Crippen molar-refractivity contribution in [2.75, 3.05) is 12.4 Å². The first kappa shape index (κ1) is 19.9. The fraction of sp³-hybridized carbons (Fsp3) is 0.292. The van der Waals surface area contributed by atoms with Crippen LogP contribution in [0.1, 0.15) is 43.4 Å². The van der Waals surface area contributed by atoms with Crippen molar-refractivity contribution in [3.8, 4) is 5.75 Å². The summed E-state index contributed by atoms with van der Waals surface area (Å²) in [5.74, 6) is 0.543. The van der Waals surface area contributed by atoms with Gasteiger partial charge in [0.2, 0.25) is 0 Å². The molecule has 2 aromatic rings. The van der Waals surface area contributed by atoms with E-state index in [0.717, 1.165) is 35.5 Å². The Hall–Kier alpha value is -3.41. The molecule has 0 bridgehead atoms. The number of rotatable bonds is 4. The van der Waals surface area contributed by atoms with Crippen LogP contribution in [0.15, 0.2) is 65.0 Å². The molecule has 2 aliphatic rings. The van der Waals surface area contributed by atoms with E-state index in [1.54, 1.807) is 13.2 Å². The van der Waals surface area contributed by atoms with Gasteiger partial charge in [-0.15, -0.1) is 0 Å². The molecule has 0 saturated heterocycles. The van der Waals surface area contributed by atoms with Crippen LogP contribution in [-0.4, -0.2) is 23.8 Å². The van der Waals surface area contributed by atoms with Gasteiger partial charge in [0.15, 0.2) is 5.78 Å². The van der Waals surface area contributed by atoms with Crippen molar-refractivity contribution >= 4 is 17.5 Å². The summed E-state index contributed by atoms with van der Waals surface area (Å²) in [6, 6.07) is 13.1. The van der Waals surface area contributed by atoms with E-state index in [9.17, 15) is 9.59 Å². The maximum absolute atomic E-state index is 13.4. The Bertz CT molecular complexity index is 1080. The lowest BCUT2D eigenvalue weighted by molar-refractivity contribution is -0.116. The maximum atomic E-state index is 13.4. The summed E-state index contributed by atoms with van der Waals surface area (Å²) in [6.45, 7) is 3.76.